The number of anilines is 1. The highest BCUT2D eigenvalue weighted by Crippen LogP contribution is 2.25. The zero-order chi connectivity index (χ0) is 13.0. The Balaban J connectivity index is 2.46. The Hall–Kier alpha value is -1.61. The second-order valence-corrected chi connectivity index (χ2v) is 4.64. The number of pyridine rings is 1. The van der Waals surface area contributed by atoms with Crippen LogP contribution in [-0.2, 0) is 6.54 Å². The summed E-state index contributed by atoms with van der Waals surface area (Å²) in [7, 11) is 2.10. The highest BCUT2D eigenvalue weighted by molar-refractivity contribution is 5.92. The van der Waals surface area contributed by atoms with Crippen LogP contribution in [0, 0.1) is 0 Å². The average Bonchev–Trinajstić information content (AvgIpc) is 2.43. The van der Waals surface area contributed by atoms with Gasteiger partial charge in [0.15, 0.2) is 0 Å². The third kappa shape index (κ3) is 2.62. The van der Waals surface area contributed by atoms with Gasteiger partial charge in [0.25, 0.3) is 0 Å². The second kappa shape index (κ2) is 5.83. The predicted molar refractivity (Wildman–Crippen MR) is 77.8 cm³/mol. The van der Waals surface area contributed by atoms with Crippen LogP contribution < -0.4 is 10.6 Å². The van der Waals surface area contributed by atoms with Crippen molar-refractivity contribution in [1.82, 2.24) is 4.98 Å². The minimum absolute atomic E-state index is 0.486. The molecule has 96 valence electrons. The number of rotatable bonds is 5. The molecule has 0 bridgehead atoms. The number of unbranched alkanes of at least 4 members (excludes halogenated alkanes) is 1. The molecule has 0 saturated carbocycles. The maximum atomic E-state index is 5.73. The first-order valence-electron chi connectivity index (χ1n) is 6.56. The number of aromatic nitrogens is 1. The fourth-order valence-corrected chi connectivity index (χ4v) is 2.13. The van der Waals surface area contributed by atoms with E-state index in [1.807, 2.05) is 0 Å². The summed E-state index contributed by atoms with van der Waals surface area (Å²) < 4.78 is 0. The number of nitrogens with zero attached hydrogens (tertiary/aromatic N) is 2. The molecule has 0 aliphatic carbocycles. The SMILES string of the molecule is CCCCN(C)c1nc(CN)cc2ccccc12. The van der Waals surface area contributed by atoms with Crippen LogP contribution in [0.1, 0.15) is 25.5 Å². The van der Waals surface area contributed by atoms with E-state index in [9.17, 15) is 0 Å². The minimum Gasteiger partial charge on any atom is -0.359 e. The topological polar surface area (TPSA) is 42.2 Å². The van der Waals surface area contributed by atoms with Crippen LogP contribution >= 0.6 is 0 Å². The quantitative estimate of drug-likeness (QED) is 0.878. The Labute approximate surface area is 109 Å². The maximum absolute atomic E-state index is 5.73. The summed E-state index contributed by atoms with van der Waals surface area (Å²) in [5, 5.41) is 2.42. The molecular weight excluding hydrogens is 222 g/mol. The van der Waals surface area contributed by atoms with Crippen LogP contribution in [0.5, 0.6) is 0 Å². The highest BCUT2D eigenvalue weighted by Gasteiger charge is 2.09. The highest BCUT2D eigenvalue weighted by atomic mass is 15.2. The summed E-state index contributed by atoms with van der Waals surface area (Å²) in [6.07, 6.45) is 2.37. The number of fused-ring (bicyclic) bond motifs is 1. The predicted octanol–water partition coefficient (Wildman–Crippen LogP) is 2.93. The first-order chi connectivity index (χ1) is 8.76. The first kappa shape index (κ1) is 12.8. The molecule has 0 aliphatic heterocycles. The van der Waals surface area contributed by atoms with E-state index in [4.69, 9.17) is 5.73 Å². The van der Waals surface area contributed by atoms with Crippen molar-refractivity contribution >= 4 is 16.6 Å². The molecule has 3 nitrogen and oxygen atoms in total. The smallest absolute Gasteiger partial charge is 0.136 e. The van der Waals surface area contributed by atoms with Crippen molar-refractivity contribution in [2.75, 3.05) is 18.5 Å². The Kier molecular flexibility index (Phi) is 4.15. The molecule has 0 amide bonds. The molecule has 3 heteroatoms. The lowest BCUT2D eigenvalue weighted by Crippen LogP contribution is -2.20. The molecular formula is C15H21N3. The molecule has 1 aromatic heterocycles. The Morgan fingerprint density at radius 2 is 2.06 bits per heavy atom. The third-order valence-corrected chi connectivity index (χ3v) is 3.19. The van der Waals surface area contributed by atoms with E-state index in [1.165, 1.54) is 23.6 Å². The Morgan fingerprint density at radius 3 is 2.78 bits per heavy atom. The van der Waals surface area contributed by atoms with Gasteiger partial charge in [0.2, 0.25) is 0 Å². The van der Waals surface area contributed by atoms with Crippen molar-refractivity contribution in [3.8, 4) is 0 Å². The van der Waals surface area contributed by atoms with E-state index >= 15 is 0 Å². The number of hydrogen-bond acceptors (Lipinski definition) is 3. The van der Waals surface area contributed by atoms with Gasteiger partial charge in [-0.05, 0) is 17.9 Å². The molecule has 18 heavy (non-hydrogen) atoms. The van der Waals surface area contributed by atoms with Crippen molar-refractivity contribution < 1.29 is 0 Å². The molecule has 2 rings (SSSR count). The molecule has 0 spiro atoms. The molecule has 0 radical (unpaired) electrons. The fourth-order valence-electron chi connectivity index (χ4n) is 2.13. The molecule has 1 heterocycles. The van der Waals surface area contributed by atoms with Crippen molar-refractivity contribution in [2.45, 2.75) is 26.3 Å². The van der Waals surface area contributed by atoms with Crippen LogP contribution in [0.25, 0.3) is 10.8 Å². The fraction of sp³-hybridized carbons (Fsp3) is 0.400. The van der Waals surface area contributed by atoms with E-state index in [2.05, 4.69) is 54.2 Å². The molecule has 2 aromatic rings. The average molecular weight is 243 g/mol. The second-order valence-electron chi connectivity index (χ2n) is 4.64. The normalized spacial score (nSPS) is 10.8. The van der Waals surface area contributed by atoms with Gasteiger partial charge in [-0.2, -0.15) is 0 Å². The molecule has 0 aliphatic rings. The lowest BCUT2D eigenvalue weighted by atomic mass is 10.1. The van der Waals surface area contributed by atoms with Crippen molar-refractivity contribution in [3.63, 3.8) is 0 Å². The van der Waals surface area contributed by atoms with Crippen molar-refractivity contribution in [1.29, 1.82) is 0 Å². The first-order valence-corrected chi connectivity index (χ1v) is 6.56. The lowest BCUT2D eigenvalue weighted by molar-refractivity contribution is 0.759. The Morgan fingerprint density at radius 1 is 1.28 bits per heavy atom. The van der Waals surface area contributed by atoms with Crippen LogP contribution in [0.2, 0.25) is 0 Å². The summed E-state index contributed by atoms with van der Waals surface area (Å²) in [4.78, 5) is 6.90. The Bertz CT molecular complexity index is 522. The summed E-state index contributed by atoms with van der Waals surface area (Å²) in [6.45, 7) is 3.72. The van der Waals surface area contributed by atoms with Gasteiger partial charge < -0.3 is 10.6 Å². The standard InChI is InChI=1S/C15H21N3/c1-3-4-9-18(2)15-14-8-6-5-7-12(14)10-13(11-16)17-15/h5-8,10H,3-4,9,11,16H2,1-2H3. The number of hydrogen-bond donors (Lipinski definition) is 1. The van der Waals surface area contributed by atoms with Gasteiger partial charge >= 0.3 is 0 Å². The van der Waals surface area contributed by atoms with Crippen LogP contribution in [0.15, 0.2) is 30.3 Å². The largest absolute Gasteiger partial charge is 0.359 e. The van der Waals surface area contributed by atoms with Gasteiger partial charge in [-0.1, -0.05) is 37.6 Å². The molecule has 1 aromatic carbocycles. The van der Waals surface area contributed by atoms with Crippen LogP contribution in [0.4, 0.5) is 5.82 Å². The van der Waals surface area contributed by atoms with Gasteiger partial charge in [-0.15, -0.1) is 0 Å². The lowest BCUT2D eigenvalue weighted by Gasteiger charge is -2.20. The summed E-state index contributed by atoms with van der Waals surface area (Å²) in [5.41, 5.74) is 6.68. The minimum atomic E-state index is 0.486. The molecule has 2 N–H and O–H groups in total. The van der Waals surface area contributed by atoms with Gasteiger partial charge in [0.1, 0.15) is 5.82 Å². The molecule has 0 unspecified atom stereocenters. The monoisotopic (exact) mass is 243 g/mol. The van der Waals surface area contributed by atoms with Gasteiger partial charge in [0.05, 0.1) is 5.69 Å². The molecule has 0 fully saturated rings. The van der Waals surface area contributed by atoms with E-state index in [0.29, 0.717) is 6.54 Å². The maximum Gasteiger partial charge on any atom is 0.136 e. The number of nitrogens with two attached hydrogens (primary N) is 1. The zero-order valence-corrected chi connectivity index (χ0v) is 11.2. The zero-order valence-electron chi connectivity index (χ0n) is 11.2. The van der Waals surface area contributed by atoms with Gasteiger partial charge in [-0.3, -0.25) is 0 Å². The van der Waals surface area contributed by atoms with E-state index < -0.39 is 0 Å². The molecule has 0 atom stereocenters. The van der Waals surface area contributed by atoms with E-state index in [1.54, 1.807) is 0 Å². The van der Waals surface area contributed by atoms with Crippen LogP contribution in [-0.4, -0.2) is 18.6 Å². The van der Waals surface area contributed by atoms with Crippen LogP contribution in [0.3, 0.4) is 0 Å². The molecule has 0 saturated heterocycles. The summed E-state index contributed by atoms with van der Waals surface area (Å²) in [5.74, 6) is 1.04. The van der Waals surface area contributed by atoms with E-state index in [-0.39, 0.29) is 0 Å². The third-order valence-electron chi connectivity index (χ3n) is 3.19. The summed E-state index contributed by atoms with van der Waals surface area (Å²) >= 11 is 0. The van der Waals surface area contributed by atoms with Gasteiger partial charge in [-0.25, -0.2) is 4.98 Å². The van der Waals surface area contributed by atoms with E-state index in [0.717, 1.165) is 18.1 Å². The van der Waals surface area contributed by atoms with Gasteiger partial charge in [0, 0.05) is 25.5 Å². The number of benzene rings is 1. The van der Waals surface area contributed by atoms with Crippen molar-refractivity contribution in [3.05, 3.63) is 36.0 Å². The van der Waals surface area contributed by atoms with Crippen molar-refractivity contribution in [2.24, 2.45) is 5.73 Å². The summed E-state index contributed by atoms with van der Waals surface area (Å²) in [6, 6.07) is 10.4.